The third-order valence-electron chi connectivity index (χ3n) is 4.20. The van der Waals surface area contributed by atoms with Crippen LogP contribution >= 0.6 is 11.3 Å². The van der Waals surface area contributed by atoms with E-state index in [9.17, 15) is 4.79 Å². The molecule has 28 heavy (non-hydrogen) atoms. The number of benzene rings is 2. The Kier molecular flexibility index (Phi) is 4.99. The number of anilines is 1. The quantitative estimate of drug-likeness (QED) is 0.501. The number of hydrogen-bond donors (Lipinski definition) is 2. The van der Waals surface area contributed by atoms with Crippen molar-refractivity contribution in [2.45, 2.75) is 6.92 Å². The third-order valence-corrected chi connectivity index (χ3v) is 5.07. The molecule has 0 spiro atoms. The number of ether oxygens (including phenoxy) is 2. The molecule has 0 aliphatic rings. The van der Waals surface area contributed by atoms with Gasteiger partial charge in [-0.3, -0.25) is 4.79 Å². The van der Waals surface area contributed by atoms with Crippen LogP contribution in [0.3, 0.4) is 0 Å². The Morgan fingerprint density at radius 3 is 2.86 bits per heavy atom. The third kappa shape index (κ3) is 3.84. The zero-order valence-corrected chi connectivity index (χ0v) is 16.3. The van der Waals surface area contributed by atoms with Crippen LogP contribution in [-0.4, -0.2) is 29.6 Å². The van der Waals surface area contributed by atoms with Crippen molar-refractivity contribution in [2.24, 2.45) is 0 Å². The molecule has 1 amide bonds. The maximum Gasteiger partial charge on any atom is 0.262 e. The van der Waals surface area contributed by atoms with Gasteiger partial charge in [-0.05, 0) is 54.3 Å². The minimum Gasteiger partial charge on any atom is -0.493 e. The average molecular weight is 393 g/mol. The summed E-state index contributed by atoms with van der Waals surface area (Å²) in [5.74, 6) is 1.71. The molecular weight excluding hydrogens is 374 g/mol. The van der Waals surface area contributed by atoms with Crippen LogP contribution in [0, 0.1) is 6.92 Å². The highest BCUT2D eigenvalue weighted by molar-refractivity contribution is 7.13. The first kappa shape index (κ1) is 18.1. The van der Waals surface area contributed by atoms with E-state index in [-0.39, 0.29) is 12.5 Å². The lowest BCUT2D eigenvalue weighted by Crippen LogP contribution is -2.20. The van der Waals surface area contributed by atoms with E-state index in [4.69, 9.17) is 9.47 Å². The lowest BCUT2D eigenvalue weighted by Gasteiger charge is -2.11. The number of nitrogens with zero attached hydrogens (tertiary/aromatic N) is 1. The molecule has 0 atom stereocenters. The fraction of sp³-hybridized carbons (Fsp3) is 0.143. The van der Waals surface area contributed by atoms with E-state index in [1.54, 1.807) is 24.5 Å². The van der Waals surface area contributed by atoms with Gasteiger partial charge in [0.1, 0.15) is 5.82 Å². The van der Waals surface area contributed by atoms with Crippen LogP contribution < -0.4 is 14.8 Å². The van der Waals surface area contributed by atoms with E-state index in [1.165, 1.54) is 0 Å². The number of aryl methyl sites for hydroxylation is 1. The molecule has 0 fully saturated rings. The molecule has 2 aromatic heterocycles. The molecule has 4 aromatic rings. The van der Waals surface area contributed by atoms with E-state index in [0.29, 0.717) is 17.2 Å². The summed E-state index contributed by atoms with van der Waals surface area (Å²) in [5, 5.41) is 4.86. The summed E-state index contributed by atoms with van der Waals surface area (Å²) >= 11 is 1.62. The second-order valence-electron chi connectivity index (χ2n) is 6.29. The van der Waals surface area contributed by atoms with Gasteiger partial charge in [0.05, 0.1) is 23.0 Å². The largest absolute Gasteiger partial charge is 0.493 e. The monoisotopic (exact) mass is 393 g/mol. The molecule has 6 nitrogen and oxygen atoms in total. The van der Waals surface area contributed by atoms with Crippen LogP contribution in [0.2, 0.25) is 0 Å². The van der Waals surface area contributed by atoms with Gasteiger partial charge in [-0.15, -0.1) is 11.3 Å². The number of thiophene rings is 1. The lowest BCUT2D eigenvalue weighted by molar-refractivity contribution is -0.118. The Hall–Kier alpha value is -3.32. The number of amides is 1. The van der Waals surface area contributed by atoms with Gasteiger partial charge in [0.15, 0.2) is 18.1 Å². The van der Waals surface area contributed by atoms with E-state index in [0.717, 1.165) is 27.3 Å². The summed E-state index contributed by atoms with van der Waals surface area (Å²) in [6, 6.07) is 15.1. The van der Waals surface area contributed by atoms with Crippen molar-refractivity contribution in [3.8, 4) is 22.2 Å². The topological polar surface area (TPSA) is 76.2 Å². The van der Waals surface area contributed by atoms with Gasteiger partial charge >= 0.3 is 0 Å². The molecule has 7 heteroatoms. The van der Waals surface area contributed by atoms with E-state index >= 15 is 0 Å². The van der Waals surface area contributed by atoms with Crippen molar-refractivity contribution < 1.29 is 14.3 Å². The van der Waals surface area contributed by atoms with E-state index < -0.39 is 0 Å². The highest BCUT2D eigenvalue weighted by atomic mass is 32.1. The number of nitrogens with one attached hydrogen (secondary N) is 2. The summed E-state index contributed by atoms with van der Waals surface area (Å²) < 4.78 is 10.9. The van der Waals surface area contributed by atoms with E-state index in [2.05, 4.69) is 15.3 Å². The molecule has 0 bridgehead atoms. The predicted molar refractivity (Wildman–Crippen MR) is 111 cm³/mol. The fourth-order valence-electron chi connectivity index (χ4n) is 2.85. The Labute approximate surface area is 166 Å². The molecule has 2 N–H and O–H groups in total. The second-order valence-corrected chi connectivity index (χ2v) is 7.23. The molecule has 142 valence electrons. The van der Waals surface area contributed by atoms with Gasteiger partial charge < -0.3 is 19.8 Å². The van der Waals surface area contributed by atoms with Crippen molar-refractivity contribution in [2.75, 3.05) is 19.0 Å². The van der Waals surface area contributed by atoms with Gasteiger partial charge in [0.2, 0.25) is 0 Å². The summed E-state index contributed by atoms with van der Waals surface area (Å²) in [4.78, 5) is 21.2. The minimum absolute atomic E-state index is 0.110. The van der Waals surface area contributed by atoms with Crippen molar-refractivity contribution in [3.05, 3.63) is 59.5 Å². The summed E-state index contributed by atoms with van der Waals surface area (Å²) in [7, 11) is 1.58. The normalized spacial score (nSPS) is 10.8. The number of imidazole rings is 1. The number of carbonyl (C=O) groups excluding carboxylic acids is 1. The number of aromatic nitrogens is 2. The number of fused-ring (bicyclic) bond motifs is 1. The van der Waals surface area contributed by atoms with Crippen LogP contribution in [0.1, 0.15) is 5.56 Å². The van der Waals surface area contributed by atoms with Crippen molar-refractivity contribution in [1.82, 2.24) is 9.97 Å². The Balaban J connectivity index is 1.43. The second kappa shape index (κ2) is 7.74. The first-order valence-corrected chi connectivity index (χ1v) is 9.61. The highest BCUT2D eigenvalue weighted by Crippen LogP contribution is 2.28. The standard InChI is InChI=1S/C21H19N3O3S/c1-13-5-8-17(18(10-13)26-2)27-12-20(25)22-14-6-7-15-16(11-14)24-21(23-15)19-4-3-9-28-19/h3-11H,12H2,1-2H3,(H,22,25)(H,23,24). The fourth-order valence-corrected chi connectivity index (χ4v) is 3.52. The van der Waals surface area contributed by atoms with E-state index in [1.807, 2.05) is 54.8 Å². The van der Waals surface area contributed by atoms with Crippen LogP contribution in [0.4, 0.5) is 5.69 Å². The van der Waals surface area contributed by atoms with Gasteiger partial charge in [0.25, 0.3) is 5.91 Å². The smallest absolute Gasteiger partial charge is 0.262 e. The summed E-state index contributed by atoms with van der Waals surface area (Å²) in [6.45, 7) is 1.86. The van der Waals surface area contributed by atoms with Crippen LogP contribution in [0.5, 0.6) is 11.5 Å². The van der Waals surface area contributed by atoms with Crippen LogP contribution in [-0.2, 0) is 4.79 Å². The Morgan fingerprint density at radius 1 is 1.18 bits per heavy atom. The summed E-state index contributed by atoms with van der Waals surface area (Å²) in [6.07, 6.45) is 0. The van der Waals surface area contributed by atoms with Crippen molar-refractivity contribution in [1.29, 1.82) is 0 Å². The molecule has 0 saturated carbocycles. The highest BCUT2D eigenvalue weighted by Gasteiger charge is 2.10. The molecule has 0 aliphatic heterocycles. The maximum atomic E-state index is 12.3. The SMILES string of the molecule is COc1cc(C)ccc1OCC(=O)Nc1ccc2nc(-c3cccs3)[nH]c2c1. The number of rotatable bonds is 6. The molecule has 0 radical (unpaired) electrons. The Bertz CT molecular complexity index is 1120. The van der Waals surface area contributed by atoms with Gasteiger partial charge in [-0.2, -0.15) is 0 Å². The van der Waals surface area contributed by atoms with Gasteiger partial charge in [-0.1, -0.05) is 12.1 Å². The average Bonchev–Trinajstić information content (AvgIpc) is 3.36. The molecular formula is C21H19N3O3S. The van der Waals surface area contributed by atoms with Crippen molar-refractivity contribution >= 4 is 34.0 Å². The van der Waals surface area contributed by atoms with Crippen molar-refractivity contribution in [3.63, 3.8) is 0 Å². The molecule has 0 unspecified atom stereocenters. The first-order valence-electron chi connectivity index (χ1n) is 8.73. The molecule has 0 saturated heterocycles. The van der Waals surface area contributed by atoms with Crippen LogP contribution in [0.25, 0.3) is 21.7 Å². The Morgan fingerprint density at radius 2 is 2.07 bits per heavy atom. The zero-order chi connectivity index (χ0) is 19.5. The number of H-pyrrole nitrogens is 1. The maximum absolute atomic E-state index is 12.3. The molecule has 0 aliphatic carbocycles. The number of aromatic amines is 1. The number of hydrogen-bond acceptors (Lipinski definition) is 5. The minimum atomic E-state index is -0.250. The lowest BCUT2D eigenvalue weighted by atomic mass is 10.2. The predicted octanol–water partition coefficient (Wildman–Crippen LogP) is 4.63. The van der Waals surface area contributed by atoms with Gasteiger partial charge in [0, 0.05) is 5.69 Å². The first-order chi connectivity index (χ1) is 13.6. The summed E-state index contributed by atoms with van der Waals surface area (Å²) in [5.41, 5.74) is 3.45. The molecule has 2 aromatic carbocycles. The zero-order valence-electron chi connectivity index (χ0n) is 15.5. The number of carbonyl (C=O) groups is 1. The van der Waals surface area contributed by atoms with Crippen LogP contribution in [0.15, 0.2) is 53.9 Å². The molecule has 2 heterocycles. The molecule has 4 rings (SSSR count). The number of methoxy groups -OCH3 is 1. The van der Waals surface area contributed by atoms with Gasteiger partial charge in [-0.25, -0.2) is 4.98 Å².